The minimum Gasteiger partial charge on any atom is -0.322 e. The lowest BCUT2D eigenvalue weighted by atomic mass is 10.1. The third-order valence-corrected chi connectivity index (χ3v) is 3.11. The Morgan fingerprint density at radius 1 is 0.850 bits per heavy atom. The third kappa shape index (κ3) is 2.52. The molecule has 1 N–H and O–H groups in total. The molecule has 98 valence electrons. The number of fused-ring (bicyclic) bond motifs is 1. The lowest BCUT2D eigenvalue weighted by molar-refractivity contribution is 0.102. The van der Waals surface area contributed by atoms with E-state index in [1.807, 2.05) is 36.4 Å². The van der Waals surface area contributed by atoms with Crippen LogP contribution in [0.4, 0.5) is 10.1 Å². The molecule has 0 aliphatic heterocycles. The first kappa shape index (κ1) is 12.4. The lowest BCUT2D eigenvalue weighted by Gasteiger charge is -2.06. The minimum absolute atomic E-state index is 0.206. The van der Waals surface area contributed by atoms with Crippen LogP contribution in [0.15, 0.2) is 66.7 Å². The van der Waals surface area contributed by atoms with Gasteiger partial charge in [0, 0.05) is 11.3 Å². The smallest absolute Gasteiger partial charge is 0.255 e. The van der Waals surface area contributed by atoms with Crippen molar-refractivity contribution in [3.8, 4) is 0 Å². The van der Waals surface area contributed by atoms with Crippen molar-refractivity contribution in [2.24, 2.45) is 0 Å². The van der Waals surface area contributed by atoms with Crippen LogP contribution < -0.4 is 5.32 Å². The largest absolute Gasteiger partial charge is 0.322 e. The molecule has 0 heterocycles. The fourth-order valence-electron chi connectivity index (χ4n) is 2.07. The summed E-state index contributed by atoms with van der Waals surface area (Å²) in [5.74, 6) is -0.531. The molecule has 0 spiro atoms. The molecule has 0 saturated heterocycles. The maximum atomic E-state index is 12.8. The average Bonchev–Trinajstić information content (AvgIpc) is 2.49. The standard InChI is InChI=1S/C17H12FNO/c18-15-7-9-16(10-8-15)19-17(20)14-6-5-12-3-1-2-4-13(12)11-14/h1-11H,(H,19,20). The van der Waals surface area contributed by atoms with Crippen LogP contribution in [0.2, 0.25) is 0 Å². The van der Waals surface area contributed by atoms with E-state index in [1.165, 1.54) is 24.3 Å². The van der Waals surface area contributed by atoms with E-state index in [2.05, 4.69) is 5.32 Å². The van der Waals surface area contributed by atoms with Gasteiger partial charge in [-0.2, -0.15) is 0 Å². The highest BCUT2D eigenvalue weighted by Crippen LogP contribution is 2.17. The van der Waals surface area contributed by atoms with Crippen LogP contribution in [-0.2, 0) is 0 Å². The van der Waals surface area contributed by atoms with Gasteiger partial charge in [-0.3, -0.25) is 4.79 Å². The molecule has 3 rings (SSSR count). The normalized spacial score (nSPS) is 10.4. The lowest BCUT2D eigenvalue weighted by Crippen LogP contribution is -2.11. The number of halogens is 1. The molecule has 0 fully saturated rings. The number of nitrogens with one attached hydrogen (secondary N) is 1. The second kappa shape index (κ2) is 5.13. The summed E-state index contributed by atoms with van der Waals surface area (Å²) >= 11 is 0. The van der Waals surface area contributed by atoms with E-state index >= 15 is 0 Å². The quantitative estimate of drug-likeness (QED) is 0.738. The molecule has 2 nitrogen and oxygen atoms in total. The Bertz CT molecular complexity index is 765. The monoisotopic (exact) mass is 265 g/mol. The Balaban J connectivity index is 1.86. The number of hydrogen-bond acceptors (Lipinski definition) is 1. The zero-order chi connectivity index (χ0) is 13.9. The molecular formula is C17H12FNO. The van der Waals surface area contributed by atoms with E-state index in [0.717, 1.165) is 10.8 Å². The summed E-state index contributed by atoms with van der Waals surface area (Å²) < 4.78 is 12.8. The van der Waals surface area contributed by atoms with Crippen molar-refractivity contribution in [1.29, 1.82) is 0 Å². The summed E-state index contributed by atoms with van der Waals surface area (Å²) in [7, 11) is 0. The maximum Gasteiger partial charge on any atom is 0.255 e. The average molecular weight is 265 g/mol. The van der Waals surface area contributed by atoms with Gasteiger partial charge in [-0.25, -0.2) is 4.39 Å². The van der Waals surface area contributed by atoms with Gasteiger partial charge in [0.05, 0.1) is 0 Å². The van der Waals surface area contributed by atoms with E-state index in [0.29, 0.717) is 11.3 Å². The zero-order valence-corrected chi connectivity index (χ0v) is 10.6. The number of amides is 1. The molecule has 0 radical (unpaired) electrons. The third-order valence-electron chi connectivity index (χ3n) is 3.11. The summed E-state index contributed by atoms with van der Waals surface area (Å²) in [5, 5.41) is 4.85. The number of carbonyl (C=O) groups excluding carboxylic acids is 1. The van der Waals surface area contributed by atoms with Gasteiger partial charge in [-0.15, -0.1) is 0 Å². The molecule has 0 atom stereocenters. The van der Waals surface area contributed by atoms with E-state index in [-0.39, 0.29) is 11.7 Å². The van der Waals surface area contributed by atoms with Gasteiger partial charge in [0.1, 0.15) is 5.82 Å². The van der Waals surface area contributed by atoms with Gasteiger partial charge in [0.2, 0.25) is 0 Å². The Hall–Kier alpha value is -2.68. The van der Waals surface area contributed by atoms with Gasteiger partial charge in [0.25, 0.3) is 5.91 Å². The molecule has 1 amide bonds. The summed E-state index contributed by atoms with van der Waals surface area (Å²) in [4.78, 5) is 12.1. The molecule has 20 heavy (non-hydrogen) atoms. The Kier molecular flexibility index (Phi) is 3.17. The topological polar surface area (TPSA) is 29.1 Å². The molecular weight excluding hydrogens is 253 g/mol. The Morgan fingerprint density at radius 2 is 1.55 bits per heavy atom. The molecule has 3 heteroatoms. The molecule has 3 aromatic rings. The molecule has 0 aromatic heterocycles. The number of benzene rings is 3. The van der Waals surface area contributed by atoms with Crippen LogP contribution in [0.1, 0.15) is 10.4 Å². The van der Waals surface area contributed by atoms with Crippen LogP contribution in [0.25, 0.3) is 10.8 Å². The van der Waals surface area contributed by atoms with Crippen LogP contribution in [0, 0.1) is 5.82 Å². The molecule has 0 aliphatic rings. The highest BCUT2D eigenvalue weighted by molar-refractivity contribution is 6.06. The zero-order valence-electron chi connectivity index (χ0n) is 10.6. The highest BCUT2D eigenvalue weighted by atomic mass is 19.1. The first-order valence-corrected chi connectivity index (χ1v) is 6.28. The minimum atomic E-state index is -0.325. The van der Waals surface area contributed by atoms with E-state index in [4.69, 9.17) is 0 Å². The molecule has 0 aliphatic carbocycles. The van der Waals surface area contributed by atoms with Gasteiger partial charge >= 0.3 is 0 Å². The van der Waals surface area contributed by atoms with Crippen LogP contribution in [0.3, 0.4) is 0 Å². The van der Waals surface area contributed by atoms with Crippen LogP contribution >= 0.6 is 0 Å². The molecule has 0 unspecified atom stereocenters. The van der Waals surface area contributed by atoms with Gasteiger partial charge < -0.3 is 5.32 Å². The predicted octanol–water partition coefficient (Wildman–Crippen LogP) is 4.23. The maximum absolute atomic E-state index is 12.8. The van der Waals surface area contributed by atoms with Crippen molar-refractivity contribution in [1.82, 2.24) is 0 Å². The van der Waals surface area contributed by atoms with E-state index in [9.17, 15) is 9.18 Å². The second-order valence-electron chi connectivity index (χ2n) is 4.52. The number of hydrogen-bond donors (Lipinski definition) is 1. The van der Waals surface area contributed by atoms with Gasteiger partial charge in [0.15, 0.2) is 0 Å². The first-order chi connectivity index (χ1) is 9.72. The van der Waals surface area contributed by atoms with E-state index < -0.39 is 0 Å². The summed E-state index contributed by atoms with van der Waals surface area (Å²) in [6.07, 6.45) is 0. The molecule has 3 aromatic carbocycles. The van der Waals surface area contributed by atoms with Gasteiger partial charge in [-0.1, -0.05) is 30.3 Å². The van der Waals surface area contributed by atoms with Crippen molar-refractivity contribution in [3.63, 3.8) is 0 Å². The SMILES string of the molecule is O=C(Nc1ccc(F)cc1)c1ccc2ccccc2c1. The van der Waals surface area contributed by atoms with Gasteiger partial charge in [-0.05, 0) is 47.2 Å². The molecule has 0 bridgehead atoms. The Morgan fingerprint density at radius 3 is 2.30 bits per heavy atom. The summed E-state index contributed by atoms with van der Waals surface area (Å²) in [6, 6.07) is 19.1. The van der Waals surface area contributed by atoms with Crippen molar-refractivity contribution < 1.29 is 9.18 Å². The summed E-state index contributed by atoms with van der Waals surface area (Å²) in [6.45, 7) is 0. The fourth-order valence-corrected chi connectivity index (χ4v) is 2.07. The van der Waals surface area contributed by atoms with Crippen LogP contribution in [0.5, 0.6) is 0 Å². The van der Waals surface area contributed by atoms with Crippen LogP contribution in [-0.4, -0.2) is 5.91 Å². The number of rotatable bonds is 2. The van der Waals surface area contributed by atoms with Crippen molar-refractivity contribution in [2.75, 3.05) is 5.32 Å². The Labute approximate surface area is 115 Å². The first-order valence-electron chi connectivity index (χ1n) is 6.28. The fraction of sp³-hybridized carbons (Fsp3) is 0. The van der Waals surface area contributed by atoms with E-state index in [1.54, 1.807) is 6.07 Å². The van der Waals surface area contributed by atoms with Crippen molar-refractivity contribution in [2.45, 2.75) is 0 Å². The number of anilines is 1. The second-order valence-corrected chi connectivity index (χ2v) is 4.52. The van der Waals surface area contributed by atoms with Crippen molar-refractivity contribution >= 4 is 22.4 Å². The predicted molar refractivity (Wildman–Crippen MR) is 78.3 cm³/mol. The number of carbonyl (C=O) groups is 1. The van der Waals surface area contributed by atoms with Crippen molar-refractivity contribution in [3.05, 3.63) is 78.1 Å². The highest BCUT2D eigenvalue weighted by Gasteiger charge is 2.06. The molecule has 0 saturated carbocycles. The summed E-state index contributed by atoms with van der Waals surface area (Å²) in [5.41, 5.74) is 1.15.